The Morgan fingerprint density at radius 3 is 2.65 bits per heavy atom. The molecule has 0 saturated heterocycles. The van der Waals surface area contributed by atoms with Crippen LogP contribution in [0.3, 0.4) is 0 Å². The van der Waals surface area contributed by atoms with Gasteiger partial charge in [-0.1, -0.05) is 12.0 Å². The highest BCUT2D eigenvalue weighted by molar-refractivity contribution is 7.87. The molecular formula is C27H26F3N3O5S2. The number of hydrogen-bond donors (Lipinski definition) is 2. The standard InChI is InChI=1S/C27H26F3N3O5S2/c1-3-13-33-22-12-11-20(31-25(34)17-7-5-8-19(14-17)32-26(39)37-4-2)15-18(22)16-21-23(33)9-6-10-24(21)38-40(35,36)27(28,29)30/h1,5,7-8,11-12,14-15,24H,4,6,9-10,13,16H2,2H3,(H,31,34)(H,32,39). The second-order valence-corrected chi connectivity index (χ2v) is 11.0. The number of hydrogen-bond acceptors (Lipinski definition) is 7. The first-order valence-electron chi connectivity index (χ1n) is 12.3. The quantitative estimate of drug-likeness (QED) is 0.192. The van der Waals surface area contributed by atoms with E-state index in [4.69, 9.17) is 23.4 Å². The third-order valence-corrected chi connectivity index (χ3v) is 7.67. The number of halogens is 3. The monoisotopic (exact) mass is 593 g/mol. The number of benzene rings is 2. The molecule has 2 aromatic rings. The summed E-state index contributed by atoms with van der Waals surface area (Å²) in [7, 11) is -5.80. The molecule has 0 aromatic heterocycles. The zero-order chi connectivity index (χ0) is 29.1. The molecule has 8 nitrogen and oxygen atoms in total. The van der Waals surface area contributed by atoms with E-state index in [1.54, 1.807) is 54.3 Å². The van der Waals surface area contributed by atoms with Crippen molar-refractivity contribution in [3.63, 3.8) is 0 Å². The molecule has 0 bridgehead atoms. The van der Waals surface area contributed by atoms with Gasteiger partial charge in [0.15, 0.2) is 0 Å². The Kier molecular flexibility index (Phi) is 8.72. The number of nitrogens with one attached hydrogen (secondary N) is 2. The van der Waals surface area contributed by atoms with Gasteiger partial charge in [-0.2, -0.15) is 21.6 Å². The lowest BCUT2D eigenvalue weighted by Crippen LogP contribution is -2.38. The highest BCUT2D eigenvalue weighted by atomic mass is 32.2. The van der Waals surface area contributed by atoms with Gasteiger partial charge in [0, 0.05) is 34.7 Å². The summed E-state index contributed by atoms with van der Waals surface area (Å²) in [5.41, 5.74) is -1.72. The number of carbonyl (C=O) groups excluding carboxylic acids is 1. The zero-order valence-electron chi connectivity index (χ0n) is 21.4. The number of carbonyl (C=O) groups is 1. The molecule has 2 aromatic carbocycles. The maximum atomic E-state index is 13.1. The summed E-state index contributed by atoms with van der Waals surface area (Å²) in [6, 6.07) is 11.8. The van der Waals surface area contributed by atoms with Crippen LogP contribution in [0, 0.1) is 12.3 Å². The first kappa shape index (κ1) is 29.4. The van der Waals surface area contributed by atoms with E-state index in [0.29, 0.717) is 53.2 Å². The fourth-order valence-electron chi connectivity index (χ4n) is 4.73. The second-order valence-electron chi connectivity index (χ2n) is 9.04. The van der Waals surface area contributed by atoms with E-state index in [1.165, 1.54) is 0 Å². The van der Waals surface area contributed by atoms with E-state index in [0.717, 1.165) is 5.69 Å². The largest absolute Gasteiger partial charge is 0.523 e. The number of ether oxygens (including phenoxy) is 1. The number of anilines is 3. The van der Waals surface area contributed by atoms with Crippen molar-refractivity contribution in [2.24, 2.45) is 0 Å². The van der Waals surface area contributed by atoms with Gasteiger partial charge >= 0.3 is 15.6 Å². The smallest absolute Gasteiger partial charge is 0.471 e. The van der Waals surface area contributed by atoms with Crippen molar-refractivity contribution in [1.82, 2.24) is 0 Å². The fraction of sp³-hybridized carbons (Fsp3) is 0.333. The number of allylic oxidation sites excluding steroid dienone is 1. The van der Waals surface area contributed by atoms with E-state index in [2.05, 4.69) is 20.7 Å². The minimum Gasteiger partial charge on any atom is -0.471 e. The highest BCUT2D eigenvalue weighted by Gasteiger charge is 2.49. The second kappa shape index (κ2) is 11.9. The first-order chi connectivity index (χ1) is 18.9. The van der Waals surface area contributed by atoms with Gasteiger partial charge < -0.3 is 20.3 Å². The molecule has 1 aliphatic heterocycles. The molecule has 0 saturated carbocycles. The molecule has 1 amide bonds. The van der Waals surface area contributed by atoms with Crippen LogP contribution >= 0.6 is 12.2 Å². The van der Waals surface area contributed by atoms with Gasteiger partial charge in [0.1, 0.15) is 6.10 Å². The zero-order valence-corrected chi connectivity index (χ0v) is 23.0. The maximum Gasteiger partial charge on any atom is 0.523 e. The van der Waals surface area contributed by atoms with Crippen molar-refractivity contribution < 1.29 is 35.3 Å². The van der Waals surface area contributed by atoms with E-state index < -0.39 is 27.6 Å². The maximum absolute atomic E-state index is 13.1. The van der Waals surface area contributed by atoms with Crippen LogP contribution in [-0.2, 0) is 25.5 Å². The Balaban J connectivity index is 1.59. The van der Waals surface area contributed by atoms with E-state index >= 15 is 0 Å². The predicted molar refractivity (Wildman–Crippen MR) is 149 cm³/mol. The summed E-state index contributed by atoms with van der Waals surface area (Å²) < 4.78 is 72.7. The fourth-order valence-corrected chi connectivity index (χ4v) is 5.59. The van der Waals surface area contributed by atoms with Crippen molar-refractivity contribution in [1.29, 1.82) is 0 Å². The normalized spacial score (nSPS) is 16.9. The number of nitrogens with zero attached hydrogens (tertiary/aromatic N) is 1. The van der Waals surface area contributed by atoms with Gasteiger partial charge in [0.25, 0.3) is 11.1 Å². The molecule has 1 unspecified atom stereocenters. The van der Waals surface area contributed by atoms with Gasteiger partial charge in [0.2, 0.25) is 0 Å². The number of fused-ring (bicyclic) bond motifs is 1. The topological polar surface area (TPSA) is 97.0 Å². The number of amides is 1. The van der Waals surface area contributed by atoms with Crippen molar-refractivity contribution in [2.45, 2.75) is 44.2 Å². The summed E-state index contributed by atoms with van der Waals surface area (Å²) in [6.45, 7) is 2.32. The van der Waals surface area contributed by atoms with Gasteiger partial charge in [-0.25, -0.2) is 0 Å². The Morgan fingerprint density at radius 2 is 1.95 bits per heavy atom. The minimum absolute atomic E-state index is 0.112. The van der Waals surface area contributed by atoms with Crippen LogP contribution in [0.1, 0.15) is 42.1 Å². The lowest BCUT2D eigenvalue weighted by molar-refractivity contribution is -0.0567. The van der Waals surface area contributed by atoms with Crippen LogP contribution in [0.15, 0.2) is 53.7 Å². The van der Waals surface area contributed by atoms with Crippen molar-refractivity contribution in [2.75, 3.05) is 28.7 Å². The number of thiocarbonyl (C=S) groups is 1. The van der Waals surface area contributed by atoms with Gasteiger partial charge in [0.05, 0.1) is 13.2 Å². The molecule has 1 heterocycles. The number of rotatable bonds is 7. The SMILES string of the molecule is C#CCN1C2=C(Cc3cc(NC(=O)c4cccc(NC(=S)OCC)c4)ccc31)C(OS(=O)(=O)C(F)(F)F)CCC2. The lowest BCUT2D eigenvalue weighted by atomic mass is 9.84. The molecule has 1 aliphatic carbocycles. The number of alkyl halides is 3. The molecule has 0 fully saturated rings. The number of terminal acetylenes is 1. The van der Waals surface area contributed by atoms with E-state index in [-0.39, 0.29) is 24.6 Å². The summed E-state index contributed by atoms with van der Waals surface area (Å²) >= 11 is 5.08. The Morgan fingerprint density at radius 1 is 1.20 bits per heavy atom. The summed E-state index contributed by atoms with van der Waals surface area (Å²) in [5, 5.41) is 5.89. The van der Waals surface area contributed by atoms with Gasteiger partial charge in [-0.15, -0.1) is 6.42 Å². The molecule has 4 rings (SSSR count). The molecule has 40 heavy (non-hydrogen) atoms. The molecule has 2 aliphatic rings. The van der Waals surface area contributed by atoms with Crippen LogP contribution in [0.4, 0.5) is 30.2 Å². The first-order valence-corrected chi connectivity index (χ1v) is 14.2. The van der Waals surface area contributed by atoms with Crippen LogP contribution in [0.5, 0.6) is 0 Å². The molecular weight excluding hydrogens is 567 g/mol. The molecule has 2 N–H and O–H groups in total. The Labute approximate surface area is 235 Å². The van der Waals surface area contributed by atoms with Gasteiger partial charge in [-0.3, -0.25) is 8.98 Å². The van der Waals surface area contributed by atoms with Crippen LogP contribution < -0.4 is 15.5 Å². The third kappa shape index (κ3) is 6.41. The molecule has 0 radical (unpaired) electrons. The summed E-state index contributed by atoms with van der Waals surface area (Å²) in [4.78, 5) is 14.8. The highest BCUT2D eigenvalue weighted by Crippen LogP contribution is 2.43. The average molecular weight is 594 g/mol. The van der Waals surface area contributed by atoms with Crippen LogP contribution in [-0.4, -0.2) is 44.3 Å². The summed E-state index contributed by atoms with van der Waals surface area (Å²) in [6.07, 6.45) is 5.50. The third-order valence-electron chi connectivity index (χ3n) is 6.40. The minimum atomic E-state index is -5.80. The summed E-state index contributed by atoms with van der Waals surface area (Å²) in [5.74, 6) is 2.15. The average Bonchev–Trinajstić information content (AvgIpc) is 2.88. The van der Waals surface area contributed by atoms with Crippen molar-refractivity contribution in [3.8, 4) is 12.3 Å². The van der Waals surface area contributed by atoms with E-state index in [1.807, 2.05) is 0 Å². The lowest BCUT2D eigenvalue weighted by Gasteiger charge is -2.39. The van der Waals surface area contributed by atoms with Crippen LogP contribution in [0.2, 0.25) is 0 Å². The molecule has 0 spiro atoms. The van der Waals surface area contributed by atoms with E-state index in [9.17, 15) is 26.4 Å². The Hall–Kier alpha value is -3.60. The molecule has 212 valence electrons. The van der Waals surface area contributed by atoms with Crippen molar-refractivity contribution in [3.05, 3.63) is 64.9 Å². The Bertz CT molecular complexity index is 1500. The predicted octanol–water partition coefficient (Wildman–Crippen LogP) is 5.34. The molecule has 13 heteroatoms. The van der Waals surface area contributed by atoms with Gasteiger partial charge in [-0.05, 0) is 85.9 Å². The van der Waals surface area contributed by atoms with Crippen LogP contribution in [0.25, 0.3) is 0 Å². The molecule has 1 atom stereocenters. The van der Waals surface area contributed by atoms with Crippen molar-refractivity contribution >= 4 is 50.5 Å².